The molecule has 1 atom stereocenters. The topological polar surface area (TPSA) is 67.9 Å². The van der Waals surface area contributed by atoms with Crippen LogP contribution >= 0.6 is 0 Å². The van der Waals surface area contributed by atoms with Crippen molar-refractivity contribution in [2.75, 3.05) is 19.7 Å². The van der Waals surface area contributed by atoms with Crippen LogP contribution in [0.2, 0.25) is 0 Å². The van der Waals surface area contributed by atoms with Gasteiger partial charge >= 0.3 is 0 Å². The molecule has 172 valence electrons. The summed E-state index contributed by atoms with van der Waals surface area (Å²) >= 11 is 0. The van der Waals surface area contributed by atoms with Crippen molar-refractivity contribution in [1.29, 1.82) is 0 Å². The SMILES string of the molecule is CCOc1ccc(C(=O)NC2CCN(C(=O)C(C)Oc3ccccc3C(C)C)CC2)cc1. The molecule has 1 N–H and O–H groups in total. The van der Waals surface area contributed by atoms with Crippen LogP contribution in [0.15, 0.2) is 48.5 Å². The normalized spacial score (nSPS) is 15.3. The van der Waals surface area contributed by atoms with E-state index >= 15 is 0 Å². The fourth-order valence-electron chi connectivity index (χ4n) is 3.94. The zero-order valence-corrected chi connectivity index (χ0v) is 19.5. The van der Waals surface area contributed by atoms with E-state index in [0.29, 0.717) is 31.2 Å². The minimum Gasteiger partial charge on any atom is -0.494 e. The van der Waals surface area contributed by atoms with Gasteiger partial charge in [-0.05, 0) is 68.5 Å². The fourth-order valence-corrected chi connectivity index (χ4v) is 3.94. The van der Waals surface area contributed by atoms with Gasteiger partial charge in [-0.25, -0.2) is 0 Å². The second kappa shape index (κ2) is 11.0. The number of carbonyl (C=O) groups is 2. The highest BCUT2D eigenvalue weighted by atomic mass is 16.5. The van der Waals surface area contributed by atoms with Crippen LogP contribution in [0, 0.1) is 0 Å². The Morgan fingerprint density at radius 1 is 1.03 bits per heavy atom. The minimum absolute atomic E-state index is 0.0140. The van der Waals surface area contributed by atoms with Gasteiger partial charge in [0.15, 0.2) is 6.10 Å². The molecule has 1 fully saturated rings. The van der Waals surface area contributed by atoms with Gasteiger partial charge in [0, 0.05) is 24.7 Å². The first-order chi connectivity index (χ1) is 15.4. The fraction of sp³-hybridized carbons (Fsp3) is 0.462. The van der Waals surface area contributed by atoms with Gasteiger partial charge in [0.25, 0.3) is 11.8 Å². The summed E-state index contributed by atoms with van der Waals surface area (Å²) in [6.45, 7) is 9.76. The highest BCUT2D eigenvalue weighted by Crippen LogP contribution is 2.27. The first-order valence-electron chi connectivity index (χ1n) is 11.5. The van der Waals surface area contributed by atoms with Crippen LogP contribution in [0.4, 0.5) is 0 Å². The standard InChI is InChI=1S/C26H34N2O4/c1-5-31-22-12-10-20(11-13-22)25(29)27-21-14-16-28(17-15-21)26(30)19(4)32-24-9-7-6-8-23(24)18(2)3/h6-13,18-19,21H,5,14-17H2,1-4H3,(H,27,29). The van der Waals surface area contributed by atoms with E-state index in [1.165, 1.54) is 0 Å². The number of amides is 2. The highest BCUT2D eigenvalue weighted by Gasteiger charge is 2.28. The van der Waals surface area contributed by atoms with E-state index < -0.39 is 6.10 Å². The summed E-state index contributed by atoms with van der Waals surface area (Å²) in [5.74, 6) is 1.73. The molecule has 3 rings (SSSR count). The molecule has 2 aromatic carbocycles. The van der Waals surface area contributed by atoms with E-state index in [-0.39, 0.29) is 17.9 Å². The summed E-state index contributed by atoms with van der Waals surface area (Å²) in [5.41, 5.74) is 1.71. The first kappa shape index (κ1) is 23.6. The number of ether oxygens (including phenoxy) is 2. The Morgan fingerprint density at radius 2 is 1.69 bits per heavy atom. The molecule has 1 aliphatic heterocycles. The maximum Gasteiger partial charge on any atom is 0.263 e. The quantitative estimate of drug-likeness (QED) is 0.663. The number of para-hydroxylation sites is 1. The van der Waals surface area contributed by atoms with Crippen LogP contribution in [0.25, 0.3) is 0 Å². The summed E-state index contributed by atoms with van der Waals surface area (Å²) in [6, 6.07) is 15.1. The first-order valence-corrected chi connectivity index (χ1v) is 11.5. The van der Waals surface area contributed by atoms with Crippen molar-refractivity contribution >= 4 is 11.8 Å². The van der Waals surface area contributed by atoms with Gasteiger partial charge in [-0.1, -0.05) is 32.0 Å². The number of nitrogens with zero attached hydrogens (tertiary/aromatic N) is 1. The number of piperidine rings is 1. The van der Waals surface area contributed by atoms with E-state index in [9.17, 15) is 9.59 Å². The van der Waals surface area contributed by atoms with Crippen molar-refractivity contribution in [2.45, 2.75) is 58.6 Å². The monoisotopic (exact) mass is 438 g/mol. The van der Waals surface area contributed by atoms with Crippen molar-refractivity contribution in [2.24, 2.45) is 0 Å². The molecule has 2 amide bonds. The highest BCUT2D eigenvalue weighted by molar-refractivity contribution is 5.94. The van der Waals surface area contributed by atoms with Crippen LogP contribution in [-0.2, 0) is 4.79 Å². The summed E-state index contributed by atoms with van der Waals surface area (Å²) in [7, 11) is 0. The predicted molar refractivity (Wildman–Crippen MR) is 125 cm³/mol. The molecule has 0 aromatic heterocycles. The van der Waals surface area contributed by atoms with Gasteiger partial charge in [-0.3, -0.25) is 9.59 Å². The zero-order chi connectivity index (χ0) is 23.1. The lowest BCUT2D eigenvalue weighted by Crippen LogP contribution is -2.49. The molecular weight excluding hydrogens is 404 g/mol. The third-order valence-corrected chi connectivity index (χ3v) is 5.76. The smallest absolute Gasteiger partial charge is 0.263 e. The summed E-state index contributed by atoms with van der Waals surface area (Å²) in [5, 5.41) is 3.09. The van der Waals surface area contributed by atoms with E-state index in [1.807, 2.05) is 36.1 Å². The zero-order valence-electron chi connectivity index (χ0n) is 19.5. The van der Waals surface area contributed by atoms with Gasteiger partial charge in [0.05, 0.1) is 6.61 Å². The average molecular weight is 439 g/mol. The molecule has 6 nitrogen and oxygen atoms in total. The second-order valence-electron chi connectivity index (χ2n) is 8.48. The lowest BCUT2D eigenvalue weighted by atomic mass is 10.0. The van der Waals surface area contributed by atoms with Crippen molar-refractivity contribution in [3.8, 4) is 11.5 Å². The second-order valence-corrected chi connectivity index (χ2v) is 8.48. The molecule has 0 spiro atoms. The van der Waals surface area contributed by atoms with Crippen molar-refractivity contribution in [3.05, 3.63) is 59.7 Å². The Hall–Kier alpha value is -3.02. The number of nitrogens with one attached hydrogen (secondary N) is 1. The Morgan fingerprint density at radius 3 is 2.31 bits per heavy atom. The molecule has 0 radical (unpaired) electrons. The van der Waals surface area contributed by atoms with Gasteiger partial charge in [0.2, 0.25) is 0 Å². The van der Waals surface area contributed by atoms with Gasteiger partial charge in [-0.15, -0.1) is 0 Å². The van der Waals surface area contributed by atoms with E-state index in [4.69, 9.17) is 9.47 Å². The van der Waals surface area contributed by atoms with Crippen LogP contribution < -0.4 is 14.8 Å². The average Bonchev–Trinajstić information content (AvgIpc) is 2.80. The van der Waals surface area contributed by atoms with Crippen molar-refractivity contribution in [3.63, 3.8) is 0 Å². The Labute approximate surface area is 190 Å². The van der Waals surface area contributed by atoms with E-state index in [1.54, 1.807) is 31.2 Å². The molecule has 1 saturated heterocycles. The van der Waals surface area contributed by atoms with Gasteiger partial charge in [0.1, 0.15) is 11.5 Å². The molecule has 0 bridgehead atoms. The molecule has 1 aliphatic rings. The number of hydrogen-bond donors (Lipinski definition) is 1. The molecule has 1 unspecified atom stereocenters. The number of rotatable bonds is 8. The number of hydrogen-bond acceptors (Lipinski definition) is 4. The predicted octanol–water partition coefficient (Wildman–Crippen LogP) is 4.40. The number of carbonyl (C=O) groups excluding carboxylic acids is 2. The Balaban J connectivity index is 1.49. The molecule has 6 heteroatoms. The molecule has 32 heavy (non-hydrogen) atoms. The van der Waals surface area contributed by atoms with E-state index in [0.717, 1.165) is 29.9 Å². The van der Waals surface area contributed by atoms with E-state index in [2.05, 4.69) is 19.2 Å². The van der Waals surface area contributed by atoms with Crippen LogP contribution in [0.5, 0.6) is 11.5 Å². The Bertz CT molecular complexity index is 902. The number of benzene rings is 2. The van der Waals surface area contributed by atoms with Crippen molar-refractivity contribution in [1.82, 2.24) is 10.2 Å². The molecule has 2 aromatic rings. The third-order valence-electron chi connectivity index (χ3n) is 5.76. The molecule has 0 aliphatic carbocycles. The van der Waals surface area contributed by atoms with Crippen LogP contribution in [-0.4, -0.2) is 48.6 Å². The lowest BCUT2D eigenvalue weighted by Gasteiger charge is -2.34. The molecule has 1 heterocycles. The molecule has 0 saturated carbocycles. The summed E-state index contributed by atoms with van der Waals surface area (Å²) in [6.07, 6.45) is 0.901. The van der Waals surface area contributed by atoms with Gasteiger partial charge < -0.3 is 19.7 Å². The maximum absolute atomic E-state index is 12.9. The number of likely N-dealkylation sites (tertiary alicyclic amines) is 1. The third kappa shape index (κ3) is 6.02. The minimum atomic E-state index is -0.551. The summed E-state index contributed by atoms with van der Waals surface area (Å²) < 4.78 is 11.4. The van der Waals surface area contributed by atoms with Crippen LogP contribution in [0.1, 0.15) is 62.4 Å². The van der Waals surface area contributed by atoms with Gasteiger partial charge in [-0.2, -0.15) is 0 Å². The maximum atomic E-state index is 12.9. The van der Waals surface area contributed by atoms with Crippen molar-refractivity contribution < 1.29 is 19.1 Å². The molecular formula is C26H34N2O4. The summed E-state index contributed by atoms with van der Waals surface area (Å²) in [4.78, 5) is 27.3. The largest absolute Gasteiger partial charge is 0.494 e. The van der Waals surface area contributed by atoms with Crippen LogP contribution in [0.3, 0.4) is 0 Å². The lowest BCUT2D eigenvalue weighted by molar-refractivity contribution is -0.139. The Kier molecular flexibility index (Phi) is 8.14.